The number of ether oxygens (including phenoxy) is 1. The second kappa shape index (κ2) is 5.55. The summed E-state index contributed by atoms with van der Waals surface area (Å²) in [4.78, 5) is 28.1. The van der Waals surface area contributed by atoms with Crippen molar-refractivity contribution in [2.75, 3.05) is 0 Å². The van der Waals surface area contributed by atoms with Crippen molar-refractivity contribution in [1.29, 1.82) is 0 Å². The Morgan fingerprint density at radius 2 is 1.96 bits per heavy atom. The zero-order valence-corrected chi connectivity index (χ0v) is 15.6. The van der Waals surface area contributed by atoms with E-state index in [1.54, 1.807) is 4.90 Å². The van der Waals surface area contributed by atoms with Crippen LogP contribution in [0.4, 0.5) is 0 Å². The Labute approximate surface area is 153 Å². The molecule has 1 spiro atoms. The van der Waals surface area contributed by atoms with Crippen LogP contribution in [0.5, 0.6) is 0 Å². The third-order valence-corrected chi connectivity index (χ3v) is 5.43. The minimum atomic E-state index is -0.958. The maximum Gasteiger partial charge on any atom is 0.254 e. The van der Waals surface area contributed by atoms with E-state index in [1.807, 2.05) is 70.2 Å². The third kappa shape index (κ3) is 2.27. The normalized spacial score (nSPS) is 29.5. The molecule has 2 amide bonds. The summed E-state index contributed by atoms with van der Waals surface area (Å²) in [5.74, 6) is -0.283. The Kier molecular flexibility index (Phi) is 3.63. The molecule has 1 saturated heterocycles. The molecule has 4 rings (SSSR count). The number of rotatable bonds is 3. The molecule has 5 heteroatoms. The van der Waals surface area contributed by atoms with E-state index in [0.717, 1.165) is 11.1 Å². The number of amides is 2. The van der Waals surface area contributed by atoms with E-state index < -0.39 is 17.2 Å². The average Bonchev–Trinajstić information content (AvgIpc) is 3.21. The number of likely N-dealkylation sites (tertiary alicyclic amines) is 1. The molecule has 3 heterocycles. The molecule has 0 unspecified atom stereocenters. The van der Waals surface area contributed by atoms with Crippen LogP contribution in [0.3, 0.4) is 0 Å². The van der Waals surface area contributed by atoms with Gasteiger partial charge >= 0.3 is 0 Å². The number of fused-ring (bicyclic) bond motifs is 1. The number of nitrogens with zero attached hydrogens (tertiary/aromatic N) is 1. The summed E-state index contributed by atoms with van der Waals surface area (Å²) in [6.45, 7) is 8.20. The Morgan fingerprint density at radius 1 is 1.27 bits per heavy atom. The van der Waals surface area contributed by atoms with Crippen LogP contribution in [0.1, 0.15) is 33.3 Å². The first-order valence-electron chi connectivity index (χ1n) is 8.99. The van der Waals surface area contributed by atoms with Gasteiger partial charge in [-0.15, -0.1) is 0 Å². The molecule has 1 fully saturated rings. The minimum Gasteiger partial charge on any atom is -0.352 e. The maximum atomic E-state index is 13.2. The van der Waals surface area contributed by atoms with Gasteiger partial charge in [-0.3, -0.25) is 9.59 Å². The summed E-state index contributed by atoms with van der Waals surface area (Å²) in [6, 6.07) is 9.05. The van der Waals surface area contributed by atoms with E-state index in [0.29, 0.717) is 12.1 Å². The first-order chi connectivity index (χ1) is 12.3. The molecule has 0 aromatic heterocycles. The number of nitrogens with one attached hydrogen (secondary N) is 1. The van der Waals surface area contributed by atoms with E-state index in [2.05, 4.69) is 5.32 Å². The molecule has 0 aliphatic carbocycles. The molecule has 1 aromatic rings. The summed E-state index contributed by atoms with van der Waals surface area (Å²) in [7, 11) is 0. The van der Waals surface area contributed by atoms with Gasteiger partial charge < -0.3 is 15.0 Å². The second-order valence-electron chi connectivity index (χ2n) is 8.20. The predicted octanol–water partition coefficient (Wildman–Crippen LogP) is 2.34. The van der Waals surface area contributed by atoms with Crippen LogP contribution < -0.4 is 5.32 Å². The summed E-state index contributed by atoms with van der Waals surface area (Å²) in [5.41, 5.74) is 1.13. The van der Waals surface area contributed by atoms with Gasteiger partial charge in [-0.25, -0.2) is 0 Å². The molecule has 136 valence electrons. The van der Waals surface area contributed by atoms with Gasteiger partial charge in [-0.2, -0.15) is 0 Å². The third-order valence-electron chi connectivity index (χ3n) is 5.43. The topological polar surface area (TPSA) is 58.6 Å². The summed E-state index contributed by atoms with van der Waals surface area (Å²) in [5, 5.41) is 3.00. The summed E-state index contributed by atoms with van der Waals surface area (Å²) < 4.78 is 6.17. The van der Waals surface area contributed by atoms with Crippen molar-refractivity contribution in [3.63, 3.8) is 0 Å². The van der Waals surface area contributed by atoms with Crippen LogP contribution >= 0.6 is 0 Å². The Hall–Kier alpha value is -2.40. The lowest BCUT2D eigenvalue weighted by atomic mass is 9.85. The van der Waals surface area contributed by atoms with Crippen molar-refractivity contribution >= 4 is 11.8 Å². The highest BCUT2D eigenvalue weighted by atomic mass is 16.5. The predicted molar refractivity (Wildman–Crippen MR) is 98.1 cm³/mol. The van der Waals surface area contributed by atoms with Crippen LogP contribution in [0.15, 0.2) is 53.6 Å². The van der Waals surface area contributed by atoms with E-state index in [9.17, 15) is 9.59 Å². The van der Waals surface area contributed by atoms with Crippen molar-refractivity contribution in [1.82, 2.24) is 10.2 Å². The first-order valence-corrected chi connectivity index (χ1v) is 8.99. The fourth-order valence-electron chi connectivity index (χ4n) is 4.29. The summed E-state index contributed by atoms with van der Waals surface area (Å²) in [6.07, 6.45) is 3.66. The number of benzene rings is 1. The molecule has 0 saturated carbocycles. The highest BCUT2D eigenvalue weighted by molar-refractivity contribution is 6.07. The standard InChI is InChI=1S/C21H24N2O3/c1-13-15-10-11-21(26-15)16(13)19(25)23(20(2,3)4)17(21)18(24)22-12-14-8-6-5-7-9-14/h5-11,15,17H,12H2,1-4H3,(H,22,24)/t15-,17+,21+/m0/s1. The molecule has 3 aliphatic rings. The minimum absolute atomic E-state index is 0.0956. The van der Waals surface area contributed by atoms with Gasteiger partial charge in [0.15, 0.2) is 0 Å². The molecule has 3 atom stereocenters. The Morgan fingerprint density at radius 3 is 2.62 bits per heavy atom. The van der Waals surface area contributed by atoms with Crippen LogP contribution in [0, 0.1) is 0 Å². The molecule has 3 aliphatic heterocycles. The van der Waals surface area contributed by atoms with Crippen LogP contribution in [0.2, 0.25) is 0 Å². The molecule has 1 N–H and O–H groups in total. The molecule has 2 bridgehead atoms. The average molecular weight is 352 g/mol. The van der Waals surface area contributed by atoms with Gasteiger partial charge in [0.2, 0.25) is 5.91 Å². The van der Waals surface area contributed by atoms with Crippen molar-refractivity contribution in [3.05, 3.63) is 59.2 Å². The quantitative estimate of drug-likeness (QED) is 0.850. The Bertz CT molecular complexity index is 835. The van der Waals surface area contributed by atoms with Gasteiger partial charge in [-0.1, -0.05) is 36.4 Å². The molecule has 0 radical (unpaired) electrons. The number of carbonyl (C=O) groups excluding carboxylic acids is 2. The smallest absolute Gasteiger partial charge is 0.254 e. The van der Waals surface area contributed by atoms with Crippen molar-refractivity contribution in [2.45, 2.75) is 57.5 Å². The van der Waals surface area contributed by atoms with Crippen molar-refractivity contribution in [3.8, 4) is 0 Å². The van der Waals surface area contributed by atoms with Crippen molar-refractivity contribution in [2.24, 2.45) is 0 Å². The van der Waals surface area contributed by atoms with E-state index >= 15 is 0 Å². The number of carbonyl (C=O) groups is 2. The number of hydrogen-bond donors (Lipinski definition) is 1. The lowest BCUT2D eigenvalue weighted by Gasteiger charge is -2.39. The van der Waals surface area contributed by atoms with E-state index in [4.69, 9.17) is 4.74 Å². The molecular weight excluding hydrogens is 328 g/mol. The fraction of sp³-hybridized carbons (Fsp3) is 0.429. The SMILES string of the molecule is CC1=C2C(=O)N(C(C)(C)C)[C@H](C(=O)NCc3ccccc3)[C@@]23C=C[C@@H]1O3. The lowest BCUT2D eigenvalue weighted by Crippen LogP contribution is -2.59. The van der Waals surface area contributed by atoms with Crippen LogP contribution in [-0.2, 0) is 20.9 Å². The zero-order chi connectivity index (χ0) is 18.7. The largest absolute Gasteiger partial charge is 0.352 e. The van der Waals surface area contributed by atoms with Gasteiger partial charge in [0.25, 0.3) is 5.91 Å². The number of hydrogen-bond acceptors (Lipinski definition) is 3. The van der Waals surface area contributed by atoms with Gasteiger partial charge in [-0.05, 0) is 44.9 Å². The van der Waals surface area contributed by atoms with Gasteiger partial charge in [0, 0.05) is 12.1 Å². The van der Waals surface area contributed by atoms with Gasteiger partial charge in [0.1, 0.15) is 11.6 Å². The van der Waals surface area contributed by atoms with E-state index in [1.165, 1.54) is 0 Å². The molecule has 5 nitrogen and oxygen atoms in total. The molecule has 1 aromatic carbocycles. The monoisotopic (exact) mass is 352 g/mol. The lowest BCUT2D eigenvalue weighted by molar-refractivity contribution is -0.143. The van der Waals surface area contributed by atoms with Crippen LogP contribution in [0.25, 0.3) is 0 Å². The fourth-order valence-corrected chi connectivity index (χ4v) is 4.29. The van der Waals surface area contributed by atoms with E-state index in [-0.39, 0.29) is 17.9 Å². The molecule has 26 heavy (non-hydrogen) atoms. The van der Waals surface area contributed by atoms with Gasteiger partial charge in [0.05, 0.1) is 11.7 Å². The second-order valence-corrected chi connectivity index (χ2v) is 8.20. The Balaban J connectivity index is 1.69. The first kappa shape index (κ1) is 17.0. The highest BCUT2D eigenvalue weighted by Gasteiger charge is 2.66. The maximum absolute atomic E-state index is 13.2. The molecular formula is C21H24N2O3. The van der Waals surface area contributed by atoms with Crippen molar-refractivity contribution < 1.29 is 14.3 Å². The summed E-state index contributed by atoms with van der Waals surface area (Å²) >= 11 is 0. The highest BCUT2D eigenvalue weighted by Crippen LogP contribution is 2.52. The zero-order valence-electron chi connectivity index (χ0n) is 15.6. The van der Waals surface area contributed by atoms with Crippen LogP contribution in [-0.4, -0.2) is 40.0 Å².